The van der Waals surface area contributed by atoms with E-state index in [-0.39, 0.29) is 24.1 Å². The monoisotopic (exact) mass is 417 g/mol. The first-order valence-electron chi connectivity index (χ1n) is 9.24. The zero-order chi connectivity index (χ0) is 21.5. The Morgan fingerprint density at radius 3 is 2.77 bits per heavy atom. The summed E-state index contributed by atoms with van der Waals surface area (Å²) in [5.74, 6) is -0.265. The summed E-state index contributed by atoms with van der Waals surface area (Å²) >= 11 is 0. The fraction of sp³-hybridized carbons (Fsp3) is 0.300. The Morgan fingerprint density at radius 2 is 2.07 bits per heavy atom. The predicted octanol–water partition coefficient (Wildman–Crippen LogP) is 3.66. The number of hydrogen-bond donors (Lipinski definition) is 1. The summed E-state index contributed by atoms with van der Waals surface area (Å²) in [4.78, 5) is 23.7. The third-order valence-electron chi connectivity index (χ3n) is 4.89. The van der Waals surface area contributed by atoms with E-state index in [1.807, 2.05) is 13.0 Å². The third kappa shape index (κ3) is 3.98. The second-order valence-electron chi connectivity index (χ2n) is 7.08. The van der Waals surface area contributed by atoms with Crippen molar-refractivity contribution in [2.24, 2.45) is 0 Å². The lowest BCUT2D eigenvalue weighted by Gasteiger charge is -2.35. The van der Waals surface area contributed by atoms with Crippen LogP contribution in [0.3, 0.4) is 0 Å². The molecule has 1 amide bonds. The number of carbonyl (C=O) groups is 1. The van der Waals surface area contributed by atoms with Crippen LogP contribution >= 0.6 is 0 Å². The van der Waals surface area contributed by atoms with Gasteiger partial charge in [-0.05, 0) is 44.5 Å². The number of aryl methyl sites for hydroxylation is 1. The van der Waals surface area contributed by atoms with Gasteiger partial charge in [-0.1, -0.05) is 6.07 Å². The Hall–Kier alpha value is -3.43. The van der Waals surface area contributed by atoms with E-state index in [4.69, 9.17) is 0 Å². The molecule has 1 unspecified atom stereocenters. The van der Waals surface area contributed by atoms with Crippen LogP contribution in [0.4, 0.5) is 13.2 Å². The van der Waals surface area contributed by atoms with Crippen LogP contribution in [0.15, 0.2) is 36.5 Å². The molecule has 0 fully saturated rings. The number of aromatic nitrogens is 4. The maximum absolute atomic E-state index is 13.1. The molecule has 1 aliphatic rings. The van der Waals surface area contributed by atoms with Crippen molar-refractivity contribution in [3.05, 3.63) is 59.2 Å². The Morgan fingerprint density at radius 1 is 1.27 bits per heavy atom. The summed E-state index contributed by atoms with van der Waals surface area (Å²) in [7, 11) is 0. The van der Waals surface area contributed by atoms with E-state index < -0.39 is 12.1 Å². The van der Waals surface area contributed by atoms with Gasteiger partial charge in [0.15, 0.2) is 0 Å². The van der Waals surface area contributed by atoms with Gasteiger partial charge in [0.05, 0.1) is 23.6 Å². The Bertz CT molecular complexity index is 1080. The number of ether oxygens (including phenoxy) is 1. The van der Waals surface area contributed by atoms with E-state index >= 15 is 0 Å². The van der Waals surface area contributed by atoms with E-state index in [0.717, 1.165) is 29.1 Å². The molecule has 2 aromatic heterocycles. The van der Waals surface area contributed by atoms with E-state index in [1.165, 1.54) is 12.1 Å². The molecular formula is C20H18F3N5O2. The number of benzene rings is 1. The fourth-order valence-corrected chi connectivity index (χ4v) is 3.60. The van der Waals surface area contributed by atoms with Crippen LogP contribution in [0.25, 0.3) is 11.4 Å². The number of rotatable bonds is 3. The SMILES string of the molecule is Cc1nc2c(c(-c3ccn[nH]3)n1)CC(C)N(C(=O)c1cccc(OC(F)(F)F)c1)C2. The van der Waals surface area contributed by atoms with Crippen LogP contribution < -0.4 is 4.74 Å². The van der Waals surface area contributed by atoms with Crippen LogP contribution in [0.1, 0.15) is 34.4 Å². The highest BCUT2D eigenvalue weighted by atomic mass is 19.4. The van der Waals surface area contributed by atoms with Gasteiger partial charge in [-0.3, -0.25) is 9.89 Å². The molecule has 0 saturated carbocycles. The van der Waals surface area contributed by atoms with E-state index in [1.54, 1.807) is 18.0 Å². The van der Waals surface area contributed by atoms with Crippen LogP contribution in [0.2, 0.25) is 0 Å². The van der Waals surface area contributed by atoms with Crippen LogP contribution in [-0.4, -0.2) is 43.4 Å². The molecule has 0 saturated heterocycles. The van der Waals surface area contributed by atoms with Gasteiger partial charge in [-0.2, -0.15) is 5.10 Å². The highest BCUT2D eigenvalue weighted by Gasteiger charge is 2.33. The van der Waals surface area contributed by atoms with Crippen molar-refractivity contribution in [2.75, 3.05) is 0 Å². The van der Waals surface area contributed by atoms with Crippen molar-refractivity contribution in [1.82, 2.24) is 25.1 Å². The van der Waals surface area contributed by atoms with Crippen molar-refractivity contribution in [3.63, 3.8) is 0 Å². The molecule has 1 atom stereocenters. The molecule has 0 aliphatic carbocycles. The van der Waals surface area contributed by atoms with Crippen molar-refractivity contribution in [3.8, 4) is 17.1 Å². The van der Waals surface area contributed by atoms with Gasteiger partial charge in [0.2, 0.25) is 0 Å². The summed E-state index contributed by atoms with van der Waals surface area (Å²) in [6.07, 6.45) is -2.68. The summed E-state index contributed by atoms with van der Waals surface area (Å²) in [6, 6.07) is 6.70. The highest BCUT2D eigenvalue weighted by molar-refractivity contribution is 5.95. The average Bonchev–Trinajstić information content (AvgIpc) is 3.20. The maximum atomic E-state index is 13.1. The van der Waals surface area contributed by atoms with Gasteiger partial charge in [0.25, 0.3) is 5.91 Å². The molecule has 156 valence electrons. The lowest BCUT2D eigenvalue weighted by molar-refractivity contribution is -0.274. The summed E-state index contributed by atoms with van der Waals surface area (Å²) in [6.45, 7) is 3.87. The van der Waals surface area contributed by atoms with Crippen LogP contribution in [0, 0.1) is 6.92 Å². The second kappa shape index (κ2) is 7.43. The molecule has 1 aliphatic heterocycles. The van der Waals surface area contributed by atoms with Crippen molar-refractivity contribution >= 4 is 5.91 Å². The first-order chi connectivity index (χ1) is 14.2. The Kier molecular flexibility index (Phi) is 4.92. The van der Waals surface area contributed by atoms with Gasteiger partial charge in [0, 0.05) is 23.4 Å². The number of amides is 1. The van der Waals surface area contributed by atoms with Crippen LogP contribution in [-0.2, 0) is 13.0 Å². The third-order valence-corrected chi connectivity index (χ3v) is 4.89. The summed E-state index contributed by atoms with van der Waals surface area (Å²) in [5, 5.41) is 6.87. The predicted molar refractivity (Wildman–Crippen MR) is 101 cm³/mol. The van der Waals surface area contributed by atoms with E-state index in [2.05, 4.69) is 24.9 Å². The van der Waals surface area contributed by atoms with Gasteiger partial charge in [-0.15, -0.1) is 13.2 Å². The lowest BCUT2D eigenvalue weighted by Crippen LogP contribution is -2.43. The van der Waals surface area contributed by atoms with Gasteiger partial charge in [0.1, 0.15) is 11.6 Å². The molecule has 1 aromatic carbocycles. The number of nitrogens with zero attached hydrogens (tertiary/aromatic N) is 4. The highest BCUT2D eigenvalue weighted by Crippen LogP contribution is 2.31. The van der Waals surface area contributed by atoms with Gasteiger partial charge >= 0.3 is 6.36 Å². The minimum Gasteiger partial charge on any atom is -0.406 e. The van der Waals surface area contributed by atoms with Crippen molar-refractivity contribution < 1.29 is 22.7 Å². The molecule has 4 rings (SSSR count). The smallest absolute Gasteiger partial charge is 0.406 e. The molecule has 7 nitrogen and oxygen atoms in total. The number of halogens is 3. The topological polar surface area (TPSA) is 84.0 Å². The minimum absolute atomic E-state index is 0.117. The first kappa shape index (κ1) is 19.9. The average molecular weight is 417 g/mol. The molecule has 1 N–H and O–H groups in total. The first-order valence-corrected chi connectivity index (χ1v) is 9.24. The standard InChI is InChI=1S/C20H18F3N5O2/c1-11-8-15-17(25-12(2)26-18(15)16-6-7-24-27-16)10-28(11)19(29)13-4-3-5-14(9-13)30-20(21,22)23/h3-7,9,11H,8,10H2,1-2H3,(H,24,27). The molecule has 10 heteroatoms. The number of H-pyrrole nitrogens is 1. The Balaban J connectivity index is 1.64. The largest absolute Gasteiger partial charge is 0.573 e. The fourth-order valence-electron chi connectivity index (χ4n) is 3.60. The number of alkyl halides is 3. The van der Waals surface area contributed by atoms with Gasteiger partial charge < -0.3 is 9.64 Å². The number of fused-ring (bicyclic) bond motifs is 1. The van der Waals surface area contributed by atoms with Crippen LogP contribution in [0.5, 0.6) is 5.75 Å². The summed E-state index contributed by atoms with van der Waals surface area (Å²) in [5.41, 5.74) is 3.26. The Labute approximate surface area is 169 Å². The van der Waals surface area contributed by atoms with Crippen molar-refractivity contribution in [1.29, 1.82) is 0 Å². The quantitative estimate of drug-likeness (QED) is 0.703. The maximum Gasteiger partial charge on any atom is 0.573 e. The molecule has 0 radical (unpaired) electrons. The van der Waals surface area contributed by atoms with E-state index in [0.29, 0.717) is 17.9 Å². The summed E-state index contributed by atoms with van der Waals surface area (Å²) < 4.78 is 41.5. The molecule has 3 heterocycles. The number of nitrogens with one attached hydrogen (secondary N) is 1. The number of aromatic amines is 1. The lowest BCUT2D eigenvalue weighted by atomic mass is 9.95. The molecule has 3 aromatic rings. The van der Waals surface area contributed by atoms with E-state index in [9.17, 15) is 18.0 Å². The molecule has 30 heavy (non-hydrogen) atoms. The van der Waals surface area contributed by atoms with Gasteiger partial charge in [-0.25, -0.2) is 9.97 Å². The minimum atomic E-state index is -4.82. The molecular weight excluding hydrogens is 399 g/mol. The van der Waals surface area contributed by atoms with Crippen molar-refractivity contribution in [2.45, 2.75) is 39.2 Å². The molecule has 0 bridgehead atoms. The zero-order valence-electron chi connectivity index (χ0n) is 16.2. The number of carbonyl (C=O) groups excluding carboxylic acids is 1. The normalized spacial score (nSPS) is 16.3. The number of hydrogen-bond acceptors (Lipinski definition) is 5. The second-order valence-corrected chi connectivity index (χ2v) is 7.08. The zero-order valence-corrected chi connectivity index (χ0v) is 16.2. The molecule has 0 spiro atoms.